The van der Waals surface area contributed by atoms with E-state index in [0.29, 0.717) is 17.5 Å². The minimum atomic E-state index is 0.575. The largest absolute Gasteiger partial charge is 0.456 e. The Morgan fingerprint density at radius 1 is 0.588 bits per heavy atom. The summed E-state index contributed by atoms with van der Waals surface area (Å²) >= 11 is 0. The van der Waals surface area contributed by atoms with Crippen molar-refractivity contribution in [1.29, 1.82) is 0 Å². The highest BCUT2D eigenvalue weighted by molar-refractivity contribution is 6.07. The third-order valence-electron chi connectivity index (χ3n) is 9.70. The summed E-state index contributed by atoms with van der Waals surface area (Å²) in [7, 11) is 0. The second-order valence-electron chi connectivity index (χ2n) is 13.3. The Balaban J connectivity index is 1.15. The number of hydrogen-bond acceptors (Lipinski definition) is 5. The van der Waals surface area contributed by atoms with Gasteiger partial charge >= 0.3 is 0 Å². The van der Waals surface area contributed by atoms with E-state index in [1.54, 1.807) is 0 Å². The molecule has 5 aromatic carbocycles. The van der Waals surface area contributed by atoms with Crippen LogP contribution in [0.5, 0.6) is 0 Å². The molecule has 5 heteroatoms. The molecular weight excluding hydrogens is 627 g/mol. The van der Waals surface area contributed by atoms with Crippen LogP contribution in [0.25, 0.3) is 89.2 Å². The molecule has 0 saturated carbocycles. The maximum Gasteiger partial charge on any atom is 0.164 e. The Bertz CT molecular complexity index is 2770. The van der Waals surface area contributed by atoms with Gasteiger partial charge in [0.1, 0.15) is 22.3 Å². The minimum Gasteiger partial charge on any atom is -0.456 e. The Morgan fingerprint density at radius 2 is 1.12 bits per heavy atom. The number of furan rings is 2. The molecule has 9 rings (SSSR count). The van der Waals surface area contributed by atoms with Crippen LogP contribution in [0.2, 0.25) is 0 Å². The van der Waals surface area contributed by atoms with Crippen LogP contribution in [0.1, 0.15) is 44.7 Å². The SMILES string of the molecule is C/C=C\C(=C(C)C)c1ccc2c(c1)oc1cc(-c3nc(-c4ccccc4)nc(-c4ccc5c(c4)oc4cc(C6=CC=CCC6)ccc45)n3)ccc12. The van der Waals surface area contributed by atoms with E-state index in [4.69, 9.17) is 23.8 Å². The van der Waals surface area contributed by atoms with Gasteiger partial charge in [0.15, 0.2) is 17.5 Å². The Morgan fingerprint density at radius 3 is 1.67 bits per heavy atom. The highest BCUT2D eigenvalue weighted by Crippen LogP contribution is 2.37. The summed E-state index contributed by atoms with van der Waals surface area (Å²) in [6.07, 6.45) is 12.9. The van der Waals surface area contributed by atoms with Gasteiger partial charge in [-0.1, -0.05) is 90.6 Å². The second kappa shape index (κ2) is 12.5. The molecule has 0 aliphatic heterocycles. The Kier molecular flexibility index (Phi) is 7.54. The van der Waals surface area contributed by atoms with E-state index < -0.39 is 0 Å². The number of fused-ring (bicyclic) bond motifs is 6. The van der Waals surface area contributed by atoms with Crippen molar-refractivity contribution >= 4 is 55.0 Å². The van der Waals surface area contributed by atoms with Crippen molar-refractivity contribution in [3.63, 3.8) is 0 Å². The molecule has 5 nitrogen and oxygen atoms in total. The molecule has 0 radical (unpaired) electrons. The standard InChI is InChI=1S/C46H35N3O2/c1-4-11-35(28(2)3)32-17-21-37-39-23-19-34(27-43(39)51-41(37)25-32)46-48-44(30-14-9-6-10-15-30)47-45(49-46)33-18-22-38-36-20-16-31(29-12-7-5-8-13-29)24-40(36)50-42(38)26-33/h4-7,9-12,14-27H,8,13H2,1-3H3/b11-4-. The number of aromatic nitrogens is 3. The van der Waals surface area contributed by atoms with Gasteiger partial charge in [0.05, 0.1) is 0 Å². The van der Waals surface area contributed by atoms with Gasteiger partial charge in [-0.2, -0.15) is 0 Å². The third kappa shape index (κ3) is 5.57. The first-order valence-electron chi connectivity index (χ1n) is 17.4. The third-order valence-corrected chi connectivity index (χ3v) is 9.70. The van der Waals surface area contributed by atoms with Crippen LogP contribution in [0, 0.1) is 0 Å². The maximum atomic E-state index is 6.48. The highest BCUT2D eigenvalue weighted by Gasteiger charge is 2.17. The van der Waals surface area contributed by atoms with E-state index in [9.17, 15) is 0 Å². The number of hydrogen-bond donors (Lipinski definition) is 0. The normalized spacial score (nSPS) is 13.2. The summed E-state index contributed by atoms with van der Waals surface area (Å²) in [4.78, 5) is 15.0. The summed E-state index contributed by atoms with van der Waals surface area (Å²) in [5.41, 5.74) is 12.1. The number of benzene rings is 5. The molecule has 246 valence electrons. The summed E-state index contributed by atoms with van der Waals surface area (Å²) in [6, 6.07) is 35.4. The second-order valence-corrected chi connectivity index (χ2v) is 13.3. The smallest absolute Gasteiger partial charge is 0.164 e. The Hall–Kier alpha value is -6.33. The lowest BCUT2D eigenvalue weighted by atomic mass is 9.96. The average molecular weight is 662 g/mol. The first-order valence-corrected chi connectivity index (χ1v) is 17.4. The van der Waals surface area contributed by atoms with Crippen LogP contribution >= 0.6 is 0 Å². The predicted molar refractivity (Wildman–Crippen MR) is 210 cm³/mol. The van der Waals surface area contributed by atoms with Crippen LogP contribution < -0.4 is 0 Å². The molecule has 3 heterocycles. The number of nitrogens with zero attached hydrogens (tertiary/aromatic N) is 3. The van der Waals surface area contributed by atoms with Gasteiger partial charge in [-0.15, -0.1) is 0 Å². The van der Waals surface area contributed by atoms with Crippen molar-refractivity contribution in [3.8, 4) is 34.2 Å². The number of rotatable bonds is 6. The van der Waals surface area contributed by atoms with Crippen molar-refractivity contribution in [2.24, 2.45) is 0 Å². The summed E-state index contributed by atoms with van der Waals surface area (Å²) in [6.45, 7) is 6.31. The maximum absolute atomic E-state index is 6.48. The Labute approximate surface area is 296 Å². The topological polar surface area (TPSA) is 65.0 Å². The molecule has 0 bridgehead atoms. The van der Waals surface area contributed by atoms with Gasteiger partial charge < -0.3 is 8.83 Å². The fourth-order valence-corrected chi connectivity index (χ4v) is 7.11. The number of allylic oxidation sites excluding steroid dienone is 8. The van der Waals surface area contributed by atoms with Crippen LogP contribution in [0.15, 0.2) is 148 Å². The molecule has 0 spiro atoms. The van der Waals surface area contributed by atoms with Gasteiger partial charge in [0.25, 0.3) is 0 Å². The molecule has 0 saturated heterocycles. The first kappa shape index (κ1) is 30.7. The zero-order valence-corrected chi connectivity index (χ0v) is 28.8. The molecule has 0 atom stereocenters. The lowest BCUT2D eigenvalue weighted by molar-refractivity contribution is 0.668. The van der Waals surface area contributed by atoms with E-state index in [2.05, 4.69) is 105 Å². The van der Waals surface area contributed by atoms with E-state index in [0.717, 1.165) is 79.0 Å². The molecule has 8 aromatic rings. The molecule has 1 aliphatic carbocycles. The molecular formula is C46H35N3O2. The van der Waals surface area contributed by atoms with Crippen LogP contribution in [-0.2, 0) is 0 Å². The monoisotopic (exact) mass is 661 g/mol. The van der Waals surface area contributed by atoms with Crippen molar-refractivity contribution in [3.05, 3.63) is 150 Å². The average Bonchev–Trinajstić information content (AvgIpc) is 3.73. The minimum absolute atomic E-state index is 0.575. The van der Waals surface area contributed by atoms with Crippen LogP contribution in [0.4, 0.5) is 0 Å². The van der Waals surface area contributed by atoms with E-state index in [1.807, 2.05) is 49.4 Å². The van der Waals surface area contributed by atoms with Gasteiger partial charge in [-0.05, 0) is 104 Å². The van der Waals surface area contributed by atoms with Gasteiger partial charge in [0, 0.05) is 38.2 Å². The quantitative estimate of drug-likeness (QED) is 0.166. The lowest BCUT2D eigenvalue weighted by Gasteiger charge is -2.08. The van der Waals surface area contributed by atoms with E-state index >= 15 is 0 Å². The van der Waals surface area contributed by atoms with Gasteiger partial charge in [-0.25, -0.2) is 15.0 Å². The molecule has 0 unspecified atom stereocenters. The molecule has 1 aliphatic rings. The fourth-order valence-electron chi connectivity index (χ4n) is 7.11. The van der Waals surface area contributed by atoms with E-state index in [1.165, 1.54) is 22.3 Å². The highest BCUT2D eigenvalue weighted by atomic mass is 16.3. The van der Waals surface area contributed by atoms with E-state index in [-0.39, 0.29) is 0 Å². The van der Waals surface area contributed by atoms with Crippen molar-refractivity contribution in [2.75, 3.05) is 0 Å². The summed E-state index contributed by atoms with van der Waals surface area (Å²) < 4.78 is 12.9. The van der Waals surface area contributed by atoms with Crippen molar-refractivity contribution < 1.29 is 8.83 Å². The summed E-state index contributed by atoms with van der Waals surface area (Å²) in [5.74, 6) is 1.76. The molecule has 3 aromatic heterocycles. The fraction of sp³-hybridized carbons (Fsp3) is 0.109. The summed E-state index contributed by atoms with van der Waals surface area (Å²) in [5, 5.41) is 4.29. The van der Waals surface area contributed by atoms with Crippen molar-refractivity contribution in [1.82, 2.24) is 15.0 Å². The first-order chi connectivity index (χ1) is 25.0. The predicted octanol–water partition coefficient (Wildman–Crippen LogP) is 12.8. The molecule has 0 N–H and O–H groups in total. The lowest BCUT2D eigenvalue weighted by Crippen LogP contribution is -2.00. The molecule has 0 fully saturated rings. The van der Waals surface area contributed by atoms with Crippen LogP contribution in [-0.4, -0.2) is 15.0 Å². The van der Waals surface area contributed by atoms with Gasteiger partial charge in [0.2, 0.25) is 0 Å². The van der Waals surface area contributed by atoms with Gasteiger partial charge in [-0.3, -0.25) is 0 Å². The molecule has 0 amide bonds. The zero-order valence-electron chi connectivity index (χ0n) is 28.8. The van der Waals surface area contributed by atoms with Crippen LogP contribution in [0.3, 0.4) is 0 Å². The zero-order chi connectivity index (χ0) is 34.5. The molecule has 51 heavy (non-hydrogen) atoms. The van der Waals surface area contributed by atoms with Crippen molar-refractivity contribution in [2.45, 2.75) is 33.6 Å².